The van der Waals surface area contributed by atoms with Crippen LogP contribution in [0.15, 0.2) is 0 Å². The number of tetrazole rings is 1. The van der Waals surface area contributed by atoms with Crippen molar-refractivity contribution < 1.29 is 9.69 Å². The van der Waals surface area contributed by atoms with Gasteiger partial charge in [0.15, 0.2) is 0 Å². The number of hydrogen-bond donors (Lipinski definition) is 2. The van der Waals surface area contributed by atoms with Crippen molar-refractivity contribution in [2.45, 2.75) is 51.1 Å². The Hall–Kier alpha value is -1.50. The van der Waals surface area contributed by atoms with Crippen LogP contribution >= 0.6 is 0 Å². The van der Waals surface area contributed by atoms with Gasteiger partial charge in [-0.05, 0) is 23.3 Å². The molecule has 1 amide bonds. The third-order valence-corrected chi connectivity index (χ3v) is 4.73. The molecule has 20 heavy (non-hydrogen) atoms. The second-order valence-corrected chi connectivity index (χ2v) is 6.08. The molecule has 110 valence electrons. The van der Waals surface area contributed by atoms with E-state index in [9.17, 15) is 4.79 Å². The van der Waals surface area contributed by atoms with E-state index in [2.05, 4.69) is 15.5 Å². The number of amides is 1. The van der Waals surface area contributed by atoms with Gasteiger partial charge >= 0.3 is 0 Å². The number of primary amides is 1. The minimum absolute atomic E-state index is 0.0598. The Balaban J connectivity index is 1.59. The molecular formula is C13H23N6O+. The van der Waals surface area contributed by atoms with Crippen LogP contribution in [-0.4, -0.2) is 39.2 Å². The van der Waals surface area contributed by atoms with Gasteiger partial charge in [-0.2, -0.15) is 0 Å². The molecule has 0 atom stereocenters. The summed E-state index contributed by atoms with van der Waals surface area (Å²) in [6, 6.07) is 0.488. The number of nitrogens with one attached hydrogen (secondary N) is 1. The van der Waals surface area contributed by atoms with E-state index in [0.717, 1.165) is 38.3 Å². The summed E-state index contributed by atoms with van der Waals surface area (Å²) in [5.41, 5.74) is 5.37. The summed E-state index contributed by atoms with van der Waals surface area (Å²) in [6.07, 6.45) is 6.71. The lowest BCUT2D eigenvalue weighted by Gasteiger charge is -2.27. The molecule has 0 radical (unpaired) electrons. The van der Waals surface area contributed by atoms with Crippen molar-refractivity contribution in [3.8, 4) is 0 Å². The number of likely N-dealkylation sites (tertiary alicyclic amines) is 1. The zero-order valence-electron chi connectivity index (χ0n) is 11.8. The Labute approximate surface area is 118 Å². The average molecular weight is 279 g/mol. The highest BCUT2D eigenvalue weighted by atomic mass is 16.1. The highest BCUT2D eigenvalue weighted by Gasteiger charge is 2.28. The van der Waals surface area contributed by atoms with Gasteiger partial charge in [-0.1, -0.05) is 12.8 Å². The van der Waals surface area contributed by atoms with Crippen molar-refractivity contribution >= 4 is 5.91 Å². The molecule has 0 spiro atoms. The Kier molecular flexibility index (Phi) is 3.95. The van der Waals surface area contributed by atoms with Crippen LogP contribution in [-0.2, 0) is 11.3 Å². The summed E-state index contributed by atoms with van der Waals surface area (Å²) in [6.45, 7) is 2.81. The van der Waals surface area contributed by atoms with E-state index in [1.807, 2.05) is 4.68 Å². The van der Waals surface area contributed by atoms with Gasteiger partial charge in [-0.25, -0.2) is 4.68 Å². The minimum atomic E-state index is -0.153. The maximum Gasteiger partial charge on any atom is 0.220 e. The zero-order valence-corrected chi connectivity index (χ0v) is 11.8. The molecule has 1 aromatic rings. The van der Waals surface area contributed by atoms with Gasteiger partial charge in [0.05, 0.1) is 19.1 Å². The number of rotatable bonds is 4. The number of nitrogens with two attached hydrogens (primary N) is 1. The smallest absolute Gasteiger partial charge is 0.220 e. The van der Waals surface area contributed by atoms with Gasteiger partial charge in [-0.3, -0.25) is 4.79 Å². The molecule has 7 heteroatoms. The van der Waals surface area contributed by atoms with Crippen molar-refractivity contribution in [1.82, 2.24) is 20.2 Å². The molecule has 1 saturated carbocycles. The first-order chi connectivity index (χ1) is 9.74. The summed E-state index contributed by atoms with van der Waals surface area (Å²) in [5.74, 6) is 0.897. The third-order valence-electron chi connectivity index (χ3n) is 4.73. The Morgan fingerprint density at radius 1 is 1.25 bits per heavy atom. The topological polar surface area (TPSA) is 91.1 Å². The predicted molar refractivity (Wildman–Crippen MR) is 71.6 cm³/mol. The molecule has 1 aliphatic heterocycles. The van der Waals surface area contributed by atoms with Crippen LogP contribution in [0, 0.1) is 5.92 Å². The van der Waals surface area contributed by atoms with Gasteiger partial charge < -0.3 is 10.6 Å². The fourth-order valence-electron chi connectivity index (χ4n) is 3.47. The fraction of sp³-hybridized carbons (Fsp3) is 0.846. The molecule has 0 bridgehead atoms. The maximum atomic E-state index is 11.2. The van der Waals surface area contributed by atoms with E-state index in [4.69, 9.17) is 5.73 Å². The van der Waals surface area contributed by atoms with Crippen LogP contribution in [0.4, 0.5) is 0 Å². The van der Waals surface area contributed by atoms with Crippen LogP contribution in [0.3, 0.4) is 0 Å². The molecule has 2 fully saturated rings. The Morgan fingerprint density at radius 3 is 2.60 bits per heavy atom. The monoisotopic (exact) mass is 279 g/mol. The second kappa shape index (κ2) is 5.87. The van der Waals surface area contributed by atoms with E-state index >= 15 is 0 Å². The van der Waals surface area contributed by atoms with Crippen LogP contribution in [0.2, 0.25) is 0 Å². The predicted octanol–water partition coefficient (Wildman–Crippen LogP) is -0.932. The van der Waals surface area contributed by atoms with Crippen molar-refractivity contribution in [3.05, 3.63) is 5.82 Å². The summed E-state index contributed by atoms with van der Waals surface area (Å²) in [7, 11) is 0. The van der Waals surface area contributed by atoms with E-state index in [1.165, 1.54) is 30.6 Å². The number of carbonyl (C=O) groups excluding carboxylic acids is 1. The highest BCUT2D eigenvalue weighted by molar-refractivity contribution is 5.76. The number of piperidine rings is 1. The molecule has 1 saturated heterocycles. The van der Waals surface area contributed by atoms with Crippen LogP contribution in [0.1, 0.15) is 50.4 Å². The van der Waals surface area contributed by atoms with E-state index in [1.54, 1.807) is 0 Å². The average Bonchev–Trinajstić information content (AvgIpc) is 3.09. The summed E-state index contributed by atoms with van der Waals surface area (Å²) in [4.78, 5) is 12.6. The highest BCUT2D eigenvalue weighted by Crippen LogP contribution is 2.28. The molecule has 1 aromatic heterocycles. The van der Waals surface area contributed by atoms with E-state index in [0.29, 0.717) is 6.04 Å². The lowest BCUT2D eigenvalue weighted by atomic mass is 9.96. The zero-order chi connectivity index (χ0) is 13.9. The number of quaternary nitrogens is 1. The van der Waals surface area contributed by atoms with Crippen molar-refractivity contribution in [1.29, 1.82) is 0 Å². The minimum Gasteiger partial charge on any atom is -0.369 e. The van der Waals surface area contributed by atoms with Crippen LogP contribution < -0.4 is 10.6 Å². The number of aromatic nitrogens is 4. The third kappa shape index (κ3) is 2.82. The van der Waals surface area contributed by atoms with Gasteiger partial charge in [0.2, 0.25) is 11.7 Å². The van der Waals surface area contributed by atoms with Crippen molar-refractivity contribution in [3.63, 3.8) is 0 Å². The molecule has 1 aliphatic carbocycles. The maximum absolute atomic E-state index is 11.2. The number of carbonyl (C=O) groups is 1. The summed E-state index contributed by atoms with van der Waals surface area (Å²) >= 11 is 0. The summed E-state index contributed by atoms with van der Waals surface area (Å²) < 4.78 is 2.03. The quantitative estimate of drug-likeness (QED) is 0.745. The number of hydrogen-bond acceptors (Lipinski definition) is 4. The molecule has 7 nitrogen and oxygen atoms in total. The SMILES string of the molecule is NC(=O)C1CC[NH+](Cc2nnnn2C2CCCC2)CC1. The normalized spacial score (nSPS) is 27.8. The molecule has 3 rings (SSSR count). The van der Waals surface area contributed by atoms with E-state index < -0.39 is 0 Å². The lowest BCUT2D eigenvalue weighted by molar-refractivity contribution is -0.920. The summed E-state index contributed by atoms with van der Waals surface area (Å²) in [5, 5.41) is 12.2. The van der Waals surface area contributed by atoms with Crippen molar-refractivity contribution in [2.75, 3.05) is 13.1 Å². The molecule has 2 aliphatic rings. The first-order valence-electron chi connectivity index (χ1n) is 7.63. The molecule has 3 N–H and O–H groups in total. The molecule has 0 unspecified atom stereocenters. The van der Waals surface area contributed by atoms with Gasteiger partial charge in [0, 0.05) is 18.8 Å². The van der Waals surface area contributed by atoms with Crippen molar-refractivity contribution in [2.24, 2.45) is 11.7 Å². The fourth-order valence-corrected chi connectivity index (χ4v) is 3.47. The second-order valence-electron chi connectivity index (χ2n) is 6.08. The molecule has 2 heterocycles. The first-order valence-corrected chi connectivity index (χ1v) is 7.63. The van der Waals surface area contributed by atoms with Crippen LogP contribution in [0.5, 0.6) is 0 Å². The first kappa shape index (κ1) is 13.5. The van der Waals surface area contributed by atoms with Crippen LogP contribution in [0.25, 0.3) is 0 Å². The largest absolute Gasteiger partial charge is 0.369 e. The van der Waals surface area contributed by atoms with Gasteiger partial charge in [0.25, 0.3) is 0 Å². The Morgan fingerprint density at radius 2 is 1.95 bits per heavy atom. The lowest BCUT2D eigenvalue weighted by Crippen LogP contribution is -3.12. The Bertz CT molecular complexity index is 459. The number of nitrogens with zero attached hydrogens (tertiary/aromatic N) is 4. The van der Waals surface area contributed by atoms with Gasteiger partial charge in [0.1, 0.15) is 6.54 Å². The standard InChI is InChI=1S/C13H22N6O/c14-13(20)10-5-7-18(8-6-10)9-12-15-16-17-19(12)11-3-1-2-4-11/h10-11H,1-9H2,(H2,14,20)/p+1. The molecule has 0 aromatic carbocycles. The van der Waals surface area contributed by atoms with Gasteiger partial charge in [-0.15, -0.1) is 5.10 Å². The van der Waals surface area contributed by atoms with E-state index in [-0.39, 0.29) is 11.8 Å². The molecular weight excluding hydrogens is 256 g/mol.